The molecule has 1 heterocycles. The number of rotatable bonds is 3. The van der Waals surface area contributed by atoms with Gasteiger partial charge >= 0.3 is 0 Å². The van der Waals surface area contributed by atoms with Crippen LogP contribution in [-0.4, -0.2) is 24.1 Å². The summed E-state index contributed by atoms with van der Waals surface area (Å²) in [6.45, 7) is 2.24. The molecule has 1 fully saturated rings. The number of halogens is 2. The Morgan fingerprint density at radius 3 is 2.95 bits per heavy atom. The molecular formula is C14H16Br2O3. The minimum Gasteiger partial charge on any atom is -0.488 e. The lowest BCUT2D eigenvalue weighted by Gasteiger charge is -2.19. The summed E-state index contributed by atoms with van der Waals surface area (Å²) in [6.07, 6.45) is 1.70. The standard InChI is InChI=1S/C14H16Br2O3/c1-7(17)18-6-8-2-3-12-13(8)10-4-9(15)5-11(16)14(10)19-12/h4-5,7-8,12-13,17H,2-3,6H2,1H3/t7?,8-,12+,13+/m1/s1. The Bertz CT molecular complexity index is 490. The lowest BCUT2D eigenvalue weighted by molar-refractivity contribution is -0.0973. The van der Waals surface area contributed by atoms with E-state index in [-0.39, 0.29) is 6.10 Å². The fraction of sp³-hybridized carbons (Fsp3) is 0.571. The van der Waals surface area contributed by atoms with Crippen LogP contribution in [0.2, 0.25) is 0 Å². The third-order valence-electron chi connectivity index (χ3n) is 3.95. The number of hydrogen-bond acceptors (Lipinski definition) is 3. The lowest BCUT2D eigenvalue weighted by atomic mass is 9.89. The fourth-order valence-electron chi connectivity index (χ4n) is 3.18. The molecule has 19 heavy (non-hydrogen) atoms. The maximum absolute atomic E-state index is 9.27. The maximum atomic E-state index is 9.27. The number of aliphatic hydroxyl groups is 1. The van der Waals surface area contributed by atoms with E-state index < -0.39 is 6.29 Å². The molecule has 2 aliphatic rings. The number of aliphatic hydroxyl groups excluding tert-OH is 1. The van der Waals surface area contributed by atoms with Crippen molar-refractivity contribution in [2.75, 3.05) is 6.61 Å². The average molecular weight is 392 g/mol. The monoisotopic (exact) mass is 390 g/mol. The normalized spacial score (nSPS) is 29.8. The molecule has 5 heteroatoms. The van der Waals surface area contributed by atoms with Gasteiger partial charge in [-0.15, -0.1) is 0 Å². The first-order valence-corrected chi connectivity index (χ1v) is 8.10. The number of benzene rings is 1. The SMILES string of the molecule is CC(O)OC[C@H]1CC[C@@H]2Oc3c(Br)cc(Br)cc3[C@H]12. The fourth-order valence-corrected chi connectivity index (χ4v) is 4.53. The Morgan fingerprint density at radius 1 is 1.42 bits per heavy atom. The molecule has 3 nitrogen and oxygen atoms in total. The molecular weight excluding hydrogens is 376 g/mol. The second kappa shape index (κ2) is 5.35. The van der Waals surface area contributed by atoms with Crippen molar-refractivity contribution >= 4 is 31.9 Å². The largest absolute Gasteiger partial charge is 0.488 e. The zero-order valence-electron chi connectivity index (χ0n) is 10.6. The summed E-state index contributed by atoms with van der Waals surface area (Å²) in [4.78, 5) is 0. The van der Waals surface area contributed by atoms with Gasteiger partial charge in [0.25, 0.3) is 0 Å². The lowest BCUT2D eigenvalue weighted by Crippen LogP contribution is -2.21. The molecule has 0 radical (unpaired) electrons. The zero-order chi connectivity index (χ0) is 13.6. The van der Waals surface area contributed by atoms with Crippen LogP contribution in [0.5, 0.6) is 5.75 Å². The third-order valence-corrected chi connectivity index (χ3v) is 4.99. The average Bonchev–Trinajstić information content (AvgIpc) is 2.86. The number of fused-ring (bicyclic) bond motifs is 3. The highest BCUT2D eigenvalue weighted by molar-refractivity contribution is 9.11. The highest BCUT2D eigenvalue weighted by Crippen LogP contribution is 2.53. The highest BCUT2D eigenvalue weighted by atomic mass is 79.9. The first kappa shape index (κ1) is 13.9. The van der Waals surface area contributed by atoms with E-state index in [1.54, 1.807) is 6.92 Å². The van der Waals surface area contributed by atoms with Gasteiger partial charge in [-0.1, -0.05) is 15.9 Å². The van der Waals surface area contributed by atoms with Gasteiger partial charge in [0.15, 0.2) is 6.29 Å². The van der Waals surface area contributed by atoms with Gasteiger partial charge in [0.2, 0.25) is 0 Å². The van der Waals surface area contributed by atoms with Gasteiger partial charge in [0.1, 0.15) is 11.9 Å². The first-order valence-electron chi connectivity index (χ1n) is 6.51. The van der Waals surface area contributed by atoms with Crippen LogP contribution in [0.25, 0.3) is 0 Å². The van der Waals surface area contributed by atoms with Crippen LogP contribution in [-0.2, 0) is 4.74 Å². The number of hydrogen-bond donors (Lipinski definition) is 1. The quantitative estimate of drug-likeness (QED) is 0.796. The van der Waals surface area contributed by atoms with Crippen LogP contribution in [0.1, 0.15) is 31.2 Å². The Morgan fingerprint density at radius 2 is 2.21 bits per heavy atom. The molecule has 3 rings (SSSR count). The molecule has 1 aliphatic carbocycles. The molecule has 1 unspecified atom stereocenters. The van der Waals surface area contributed by atoms with Crippen LogP contribution in [0.15, 0.2) is 21.1 Å². The van der Waals surface area contributed by atoms with E-state index in [1.165, 1.54) is 5.56 Å². The van der Waals surface area contributed by atoms with E-state index in [9.17, 15) is 5.11 Å². The molecule has 104 valence electrons. The van der Waals surface area contributed by atoms with Crippen LogP contribution >= 0.6 is 31.9 Å². The molecule has 0 aromatic heterocycles. The van der Waals surface area contributed by atoms with E-state index in [1.807, 2.05) is 6.07 Å². The van der Waals surface area contributed by atoms with E-state index >= 15 is 0 Å². The summed E-state index contributed by atoms with van der Waals surface area (Å²) in [5.41, 5.74) is 1.25. The molecule has 1 N–H and O–H groups in total. The van der Waals surface area contributed by atoms with Gasteiger partial charge < -0.3 is 14.6 Å². The van der Waals surface area contributed by atoms with Gasteiger partial charge in [-0.2, -0.15) is 0 Å². The van der Waals surface area contributed by atoms with Crippen molar-refractivity contribution in [3.05, 3.63) is 26.6 Å². The van der Waals surface area contributed by atoms with Crippen LogP contribution in [0.3, 0.4) is 0 Å². The van der Waals surface area contributed by atoms with Crippen molar-refractivity contribution in [3.63, 3.8) is 0 Å². The Kier molecular flexibility index (Phi) is 3.91. The Labute approximate surface area is 129 Å². The molecule has 1 aromatic rings. The van der Waals surface area contributed by atoms with E-state index in [0.29, 0.717) is 18.4 Å². The summed E-state index contributed by atoms with van der Waals surface area (Å²) in [5, 5.41) is 9.27. The second-order valence-electron chi connectivity index (χ2n) is 5.26. The first-order chi connectivity index (χ1) is 9.06. The molecule has 1 aromatic carbocycles. The molecule has 1 aliphatic heterocycles. The molecule has 0 spiro atoms. The molecule has 0 bridgehead atoms. The van der Waals surface area contributed by atoms with Gasteiger partial charge in [-0.3, -0.25) is 0 Å². The zero-order valence-corrected chi connectivity index (χ0v) is 13.8. The Hall–Kier alpha value is -0.100. The maximum Gasteiger partial charge on any atom is 0.151 e. The predicted molar refractivity (Wildman–Crippen MR) is 79.4 cm³/mol. The molecule has 4 atom stereocenters. The summed E-state index contributed by atoms with van der Waals surface area (Å²) in [7, 11) is 0. The van der Waals surface area contributed by atoms with Crippen molar-refractivity contribution in [1.82, 2.24) is 0 Å². The van der Waals surface area contributed by atoms with Gasteiger partial charge in [0.05, 0.1) is 11.1 Å². The van der Waals surface area contributed by atoms with Gasteiger partial charge in [0, 0.05) is 16.0 Å². The topological polar surface area (TPSA) is 38.7 Å². The van der Waals surface area contributed by atoms with E-state index in [0.717, 1.165) is 27.5 Å². The third kappa shape index (κ3) is 2.58. The van der Waals surface area contributed by atoms with Crippen LogP contribution in [0.4, 0.5) is 0 Å². The van der Waals surface area contributed by atoms with Gasteiger partial charge in [-0.05, 0) is 53.7 Å². The molecule has 0 saturated heterocycles. The summed E-state index contributed by atoms with van der Waals surface area (Å²) >= 11 is 7.10. The Balaban J connectivity index is 1.87. The minimum absolute atomic E-state index is 0.253. The van der Waals surface area contributed by atoms with E-state index in [4.69, 9.17) is 9.47 Å². The van der Waals surface area contributed by atoms with E-state index in [2.05, 4.69) is 37.9 Å². The van der Waals surface area contributed by atoms with Crippen LogP contribution < -0.4 is 4.74 Å². The van der Waals surface area contributed by atoms with Crippen LogP contribution in [0, 0.1) is 5.92 Å². The minimum atomic E-state index is -0.699. The van der Waals surface area contributed by atoms with Crippen molar-refractivity contribution in [3.8, 4) is 5.75 Å². The van der Waals surface area contributed by atoms with Crippen molar-refractivity contribution in [2.24, 2.45) is 5.92 Å². The summed E-state index contributed by atoms with van der Waals surface area (Å²) in [6, 6.07) is 4.16. The predicted octanol–water partition coefficient (Wildman–Crippen LogP) is 3.82. The van der Waals surface area contributed by atoms with Crippen molar-refractivity contribution < 1.29 is 14.6 Å². The molecule has 0 amide bonds. The van der Waals surface area contributed by atoms with Gasteiger partial charge in [-0.25, -0.2) is 0 Å². The second-order valence-corrected chi connectivity index (χ2v) is 7.03. The smallest absolute Gasteiger partial charge is 0.151 e. The number of ether oxygens (including phenoxy) is 2. The highest BCUT2D eigenvalue weighted by Gasteiger charge is 2.45. The van der Waals surface area contributed by atoms with Crippen molar-refractivity contribution in [1.29, 1.82) is 0 Å². The van der Waals surface area contributed by atoms with Crippen molar-refractivity contribution in [2.45, 2.75) is 38.1 Å². The summed E-state index contributed by atoms with van der Waals surface area (Å²) < 4.78 is 13.5. The summed E-state index contributed by atoms with van der Waals surface area (Å²) in [5.74, 6) is 1.77. The molecule has 1 saturated carbocycles.